The van der Waals surface area contributed by atoms with Crippen LogP contribution in [0.15, 0.2) is 30.3 Å². The molecule has 0 unspecified atom stereocenters. The number of hydrogen-bond donors (Lipinski definition) is 3. The van der Waals surface area contributed by atoms with Crippen molar-refractivity contribution in [3.63, 3.8) is 0 Å². The number of amides is 1. The molecule has 0 spiro atoms. The fourth-order valence-electron chi connectivity index (χ4n) is 2.41. The highest BCUT2D eigenvalue weighted by Crippen LogP contribution is 2.15. The second kappa shape index (κ2) is 9.04. The van der Waals surface area contributed by atoms with Crippen LogP contribution < -0.4 is 11.1 Å². The maximum Gasteiger partial charge on any atom is 0.407 e. The summed E-state index contributed by atoms with van der Waals surface area (Å²) in [5.41, 5.74) is 6.68. The molecule has 0 heterocycles. The largest absolute Gasteiger partial charge is 0.444 e. The molecule has 1 aromatic rings. The fraction of sp³-hybridized carbons (Fsp3) is 0.632. The van der Waals surface area contributed by atoms with E-state index in [0.717, 1.165) is 5.56 Å². The number of benzene rings is 1. The smallest absolute Gasteiger partial charge is 0.407 e. The number of carbonyl (C=O) groups is 1. The van der Waals surface area contributed by atoms with Gasteiger partial charge in [0, 0.05) is 12.1 Å². The predicted octanol–water partition coefficient (Wildman–Crippen LogP) is 2.86. The third kappa shape index (κ3) is 7.79. The average Bonchev–Trinajstić information content (AvgIpc) is 2.45. The molecule has 1 rings (SSSR count). The van der Waals surface area contributed by atoms with Gasteiger partial charge in [0.05, 0.1) is 6.10 Å². The van der Waals surface area contributed by atoms with Gasteiger partial charge in [-0.1, -0.05) is 44.2 Å². The standard InChI is InChI=1S/C19H32N2O3/c1-13(2)16(21-18(23)24-19(3,4)5)12-17(22)15(20)11-14-9-7-6-8-10-14/h6-10,13,15-17,22H,11-12,20H2,1-5H3,(H,21,23)/t15-,16-,17-/m0/s1. The summed E-state index contributed by atoms with van der Waals surface area (Å²) in [6.07, 6.45) is -0.179. The van der Waals surface area contributed by atoms with Crippen LogP contribution >= 0.6 is 0 Å². The number of rotatable bonds is 7. The SMILES string of the molecule is CC(C)[C@H](C[C@H](O)[C@@H](N)Cc1ccccc1)NC(=O)OC(C)(C)C. The Morgan fingerprint density at radius 3 is 2.33 bits per heavy atom. The first kappa shape index (κ1) is 20.5. The van der Waals surface area contributed by atoms with E-state index >= 15 is 0 Å². The lowest BCUT2D eigenvalue weighted by atomic mass is 9.92. The first-order valence-electron chi connectivity index (χ1n) is 8.55. The van der Waals surface area contributed by atoms with Crippen LogP contribution in [0.25, 0.3) is 0 Å². The normalized spacial score (nSPS) is 15.7. The summed E-state index contributed by atoms with van der Waals surface area (Å²) in [6.45, 7) is 9.46. The number of nitrogens with one attached hydrogen (secondary N) is 1. The molecule has 0 saturated heterocycles. The summed E-state index contributed by atoms with van der Waals surface area (Å²) in [4.78, 5) is 12.0. The van der Waals surface area contributed by atoms with Crippen LogP contribution in [0.1, 0.15) is 46.6 Å². The van der Waals surface area contributed by atoms with E-state index in [2.05, 4.69) is 5.32 Å². The van der Waals surface area contributed by atoms with E-state index in [-0.39, 0.29) is 18.0 Å². The number of aliphatic hydroxyl groups is 1. The van der Waals surface area contributed by atoms with Crippen LogP contribution in [-0.2, 0) is 11.2 Å². The Labute approximate surface area is 145 Å². The summed E-state index contributed by atoms with van der Waals surface area (Å²) < 4.78 is 5.29. The summed E-state index contributed by atoms with van der Waals surface area (Å²) in [7, 11) is 0. The number of carbonyl (C=O) groups excluding carboxylic acids is 1. The summed E-state index contributed by atoms with van der Waals surface area (Å²) in [5.74, 6) is 0.163. The molecular formula is C19H32N2O3. The molecule has 5 heteroatoms. The summed E-state index contributed by atoms with van der Waals surface area (Å²) >= 11 is 0. The highest BCUT2D eigenvalue weighted by atomic mass is 16.6. The van der Waals surface area contributed by atoms with Crippen LogP contribution in [0.2, 0.25) is 0 Å². The van der Waals surface area contributed by atoms with Crippen LogP contribution in [0, 0.1) is 5.92 Å². The monoisotopic (exact) mass is 336 g/mol. The van der Waals surface area contributed by atoms with Crippen molar-refractivity contribution >= 4 is 6.09 Å². The maximum atomic E-state index is 12.0. The topological polar surface area (TPSA) is 84.6 Å². The van der Waals surface area contributed by atoms with Crippen molar-refractivity contribution in [2.45, 2.75) is 71.2 Å². The Morgan fingerprint density at radius 1 is 1.25 bits per heavy atom. The first-order chi connectivity index (χ1) is 11.1. The molecule has 0 aliphatic rings. The van der Waals surface area contributed by atoms with Gasteiger partial charge in [-0.05, 0) is 45.1 Å². The van der Waals surface area contributed by atoms with Gasteiger partial charge in [-0.2, -0.15) is 0 Å². The number of hydrogen-bond acceptors (Lipinski definition) is 4. The molecule has 0 aromatic heterocycles. The Hall–Kier alpha value is -1.59. The molecule has 0 bridgehead atoms. The van der Waals surface area contributed by atoms with Gasteiger partial charge in [-0.3, -0.25) is 0 Å². The van der Waals surface area contributed by atoms with E-state index < -0.39 is 17.8 Å². The lowest BCUT2D eigenvalue weighted by Crippen LogP contribution is -2.47. The quantitative estimate of drug-likeness (QED) is 0.715. The zero-order valence-corrected chi connectivity index (χ0v) is 15.5. The number of aliphatic hydroxyl groups excluding tert-OH is 1. The molecule has 3 atom stereocenters. The Bertz CT molecular complexity index is 497. The van der Waals surface area contributed by atoms with Gasteiger partial charge >= 0.3 is 6.09 Å². The minimum atomic E-state index is -0.701. The van der Waals surface area contributed by atoms with Crippen molar-refractivity contribution in [1.82, 2.24) is 5.32 Å². The van der Waals surface area contributed by atoms with Gasteiger partial charge < -0.3 is 20.9 Å². The van der Waals surface area contributed by atoms with Crippen molar-refractivity contribution in [3.05, 3.63) is 35.9 Å². The zero-order chi connectivity index (χ0) is 18.3. The Morgan fingerprint density at radius 2 is 1.83 bits per heavy atom. The van der Waals surface area contributed by atoms with Gasteiger partial charge in [0.2, 0.25) is 0 Å². The molecule has 0 aliphatic heterocycles. The maximum absolute atomic E-state index is 12.0. The van der Waals surface area contributed by atoms with Gasteiger partial charge in [-0.15, -0.1) is 0 Å². The first-order valence-corrected chi connectivity index (χ1v) is 8.55. The number of nitrogens with two attached hydrogens (primary N) is 1. The highest BCUT2D eigenvalue weighted by Gasteiger charge is 2.26. The second-order valence-corrected chi connectivity index (χ2v) is 7.65. The fourth-order valence-corrected chi connectivity index (χ4v) is 2.41. The molecule has 0 saturated carbocycles. The Kier molecular flexibility index (Phi) is 7.70. The van der Waals surface area contributed by atoms with E-state index in [9.17, 15) is 9.90 Å². The third-order valence-corrected chi connectivity index (χ3v) is 3.81. The molecule has 1 amide bonds. The molecule has 24 heavy (non-hydrogen) atoms. The number of ether oxygens (including phenoxy) is 1. The van der Waals surface area contributed by atoms with E-state index in [4.69, 9.17) is 10.5 Å². The lowest BCUT2D eigenvalue weighted by molar-refractivity contribution is 0.0451. The molecule has 4 N–H and O–H groups in total. The lowest BCUT2D eigenvalue weighted by Gasteiger charge is -2.29. The summed E-state index contributed by atoms with van der Waals surface area (Å²) in [5, 5.41) is 13.3. The van der Waals surface area contributed by atoms with E-state index in [0.29, 0.717) is 12.8 Å². The van der Waals surface area contributed by atoms with Crippen LogP contribution in [0.3, 0.4) is 0 Å². The van der Waals surface area contributed by atoms with E-state index in [1.165, 1.54) is 0 Å². The van der Waals surface area contributed by atoms with Crippen molar-refractivity contribution in [2.24, 2.45) is 11.7 Å². The molecule has 0 fully saturated rings. The third-order valence-electron chi connectivity index (χ3n) is 3.81. The minimum absolute atomic E-state index is 0.163. The van der Waals surface area contributed by atoms with Crippen LogP contribution in [-0.4, -0.2) is 35.0 Å². The van der Waals surface area contributed by atoms with Crippen molar-refractivity contribution < 1.29 is 14.6 Å². The van der Waals surface area contributed by atoms with Crippen LogP contribution in [0.4, 0.5) is 4.79 Å². The second-order valence-electron chi connectivity index (χ2n) is 7.65. The van der Waals surface area contributed by atoms with Gasteiger partial charge in [0.15, 0.2) is 0 Å². The molecular weight excluding hydrogens is 304 g/mol. The Balaban J connectivity index is 2.58. The van der Waals surface area contributed by atoms with Crippen LogP contribution in [0.5, 0.6) is 0 Å². The predicted molar refractivity (Wildman–Crippen MR) is 96.7 cm³/mol. The van der Waals surface area contributed by atoms with Gasteiger partial charge in [0.25, 0.3) is 0 Å². The van der Waals surface area contributed by atoms with Gasteiger partial charge in [-0.25, -0.2) is 4.79 Å². The van der Waals surface area contributed by atoms with E-state index in [1.807, 2.05) is 65.0 Å². The van der Waals surface area contributed by atoms with E-state index in [1.54, 1.807) is 0 Å². The number of alkyl carbamates (subject to hydrolysis) is 1. The molecule has 136 valence electrons. The van der Waals surface area contributed by atoms with Gasteiger partial charge in [0.1, 0.15) is 5.60 Å². The van der Waals surface area contributed by atoms with Crippen molar-refractivity contribution in [1.29, 1.82) is 0 Å². The van der Waals surface area contributed by atoms with Crippen molar-refractivity contribution in [3.8, 4) is 0 Å². The highest BCUT2D eigenvalue weighted by molar-refractivity contribution is 5.68. The van der Waals surface area contributed by atoms with Crippen molar-refractivity contribution in [2.75, 3.05) is 0 Å². The minimum Gasteiger partial charge on any atom is -0.444 e. The molecule has 1 aromatic carbocycles. The summed E-state index contributed by atoms with van der Waals surface area (Å²) in [6, 6.07) is 9.26. The zero-order valence-electron chi connectivity index (χ0n) is 15.5. The average molecular weight is 336 g/mol. The molecule has 0 radical (unpaired) electrons. The molecule has 0 aliphatic carbocycles. The molecule has 5 nitrogen and oxygen atoms in total.